The van der Waals surface area contributed by atoms with E-state index in [2.05, 4.69) is 22.5 Å². The lowest BCUT2D eigenvalue weighted by Crippen LogP contribution is -2.42. The predicted molar refractivity (Wildman–Crippen MR) is 105 cm³/mol. The molecule has 1 saturated carbocycles. The van der Waals surface area contributed by atoms with Crippen LogP contribution in [-0.2, 0) is 0 Å². The standard InChI is InChI=1S/C17H27N3O2.HI/c1-3-18-17(20-14-7-4-5-8-14)19-11-12-22-16-10-6-9-15(13-16)21-2;/h6,9-10,13-14H,3-5,7-8,11-12H2,1-2H3,(H2,18,19,20);1H. The van der Waals surface area contributed by atoms with E-state index in [9.17, 15) is 0 Å². The Morgan fingerprint density at radius 3 is 2.70 bits per heavy atom. The minimum Gasteiger partial charge on any atom is -0.497 e. The van der Waals surface area contributed by atoms with Crippen LogP contribution < -0.4 is 20.1 Å². The fourth-order valence-corrected chi connectivity index (χ4v) is 2.60. The van der Waals surface area contributed by atoms with Gasteiger partial charge in [-0.25, -0.2) is 4.99 Å². The molecule has 130 valence electrons. The Bertz CT molecular complexity index is 477. The zero-order valence-corrected chi connectivity index (χ0v) is 16.3. The van der Waals surface area contributed by atoms with E-state index < -0.39 is 0 Å². The van der Waals surface area contributed by atoms with Gasteiger partial charge < -0.3 is 20.1 Å². The van der Waals surface area contributed by atoms with Crippen LogP contribution in [0.5, 0.6) is 11.5 Å². The summed E-state index contributed by atoms with van der Waals surface area (Å²) in [6.07, 6.45) is 5.11. The fourth-order valence-electron chi connectivity index (χ4n) is 2.60. The highest BCUT2D eigenvalue weighted by atomic mass is 127. The number of hydrogen-bond donors (Lipinski definition) is 2. The van der Waals surface area contributed by atoms with Crippen LogP contribution in [0.2, 0.25) is 0 Å². The van der Waals surface area contributed by atoms with Crippen molar-refractivity contribution in [2.75, 3.05) is 26.8 Å². The molecule has 0 atom stereocenters. The molecule has 0 heterocycles. The first-order valence-electron chi connectivity index (χ1n) is 8.13. The Balaban J connectivity index is 0.00000264. The van der Waals surface area contributed by atoms with Gasteiger partial charge in [0.25, 0.3) is 0 Å². The maximum atomic E-state index is 5.70. The normalized spacial score (nSPS) is 15.0. The maximum Gasteiger partial charge on any atom is 0.191 e. The van der Waals surface area contributed by atoms with Crippen molar-refractivity contribution < 1.29 is 9.47 Å². The van der Waals surface area contributed by atoms with Crippen molar-refractivity contribution >= 4 is 29.9 Å². The van der Waals surface area contributed by atoms with Crippen molar-refractivity contribution in [3.63, 3.8) is 0 Å². The Labute approximate surface area is 156 Å². The molecular weight excluding hydrogens is 405 g/mol. The molecule has 0 aliphatic heterocycles. The Morgan fingerprint density at radius 2 is 2.00 bits per heavy atom. The molecule has 1 fully saturated rings. The molecular formula is C17H28IN3O2. The molecule has 23 heavy (non-hydrogen) atoms. The molecule has 0 aromatic heterocycles. The molecule has 1 aromatic carbocycles. The summed E-state index contributed by atoms with van der Waals surface area (Å²) in [7, 11) is 1.65. The van der Waals surface area contributed by atoms with E-state index in [1.54, 1.807) is 7.11 Å². The number of rotatable bonds is 7. The van der Waals surface area contributed by atoms with Crippen LogP contribution >= 0.6 is 24.0 Å². The number of nitrogens with one attached hydrogen (secondary N) is 2. The SMILES string of the molecule is CCNC(=NCCOc1cccc(OC)c1)NC1CCCC1.I. The molecule has 1 aliphatic carbocycles. The molecule has 0 radical (unpaired) electrons. The molecule has 1 aliphatic rings. The zero-order valence-electron chi connectivity index (χ0n) is 14.0. The van der Waals surface area contributed by atoms with Crippen molar-refractivity contribution in [1.29, 1.82) is 0 Å². The number of aliphatic imine (C=N–C) groups is 1. The molecule has 0 saturated heterocycles. The summed E-state index contributed by atoms with van der Waals surface area (Å²) in [4.78, 5) is 4.57. The minimum atomic E-state index is 0. The molecule has 2 rings (SSSR count). The van der Waals surface area contributed by atoms with Gasteiger partial charge in [-0.3, -0.25) is 0 Å². The second kappa shape index (κ2) is 11.4. The van der Waals surface area contributed by atoms with E-state index >= 15 is 0 Å². The monoisotopic (exact) mass is 433 g/mol. The minimum absolute atomic E-state index is 0. The Morgan fingerprint density at radius 1 is 1.26 bits per heavy atom. The molecule has 6 heteroatoms. The summed E-state index contributed by atoms with van der Waals surface area (Å²) in [5.74, 6) is 2.50. The van der Waals surface area contributed by atoms with Crippen LogP contribution in [0.25, 0.3) is 0 Å². The van der Waals surface area contributed by atoms with Crippen LogP contribution in [0, 0.1) is 0 Å². The molecule has 2 N–H and O–H groups in total. The second-order valence-electron chi connectivity index (χ2n) is 5.41. The number of methoxy groups -OCH3 is 1. The second-order valence-corrected chi connectivity index (χ2v) is 5.41. The summed E-state index contributed by atoms with van der Waals surface area (Å²) >= 11 is 0. The molecule has 1 aromatic rings. The highest BCUT2D eigenvalue weighted by Crippen LogP contribution is 2.19. The van der Waals surface area contributed by atoms with Crippen LogP contribution in [0.15, 0.2) is 29.3 Å². The molecule has 0 amide bonds. The van der Waals surface area contributed by atoms with Crippen molar-refractivity contribution in [3.8, 4) is 11.5 Å². The molecule has 0 bridgehead atoms. The molecule has 5 nitrogen and oxygen atoms in total. The highest BCUT2D eigenvalue weighted by molar-refractivity contribution is 14.0. The van der Waals surface area contributed by atoms with Crippen LogP contribution in [-0.4, -0.2) is 38.8 Å². The lowest BCUT2D eigenvalue weighted by molar-refractivity contribution is 0.325. The first-order valence-corrected chi connectivity index (χ1v) is 8.13. The summed E-state index contributed by atoms with van der Waals surface area (Å²) in [6.45, 7) is 4.13. The van der Waals surface area contributed by atoms with Gasteiger partial charge in [0.15, 0.2) is 5.96 Å². The lowest BCUT2D eigenvalue weighted by Gasteiger charge is -2.16. The summed E-state index contributed by atoms with van der Waals surface area (Å²) in [5, 5.41) is 6.79. The predicted octanol–water partition coefficient (Wildman–Crippen LogP) is 3.19. The van der Waals surface area contributed by atoms with E-state index in [1.807, 2.05) is 24.3 Å². The highest BCUT2D eigenvalue weighted by Gasteiger charge is 2.15. The number of halogens is 1. The van der Waals surface area contributed by atoms with E-state index in [1.165, 1.54) is 25.7 Å². The van der Waals surface area contributed by atoms with Crippen molar-refractivity contribution in [2.45, 2.75) is 38.6 Å². The smallest absolute Gasteiger partial charge is 0.191 e. The van der Waals surface area contributed by atoms with Crippen molar-refractivity contribution in [2.24, 2.45) is 4.99 Å². The van der Waals surface area contributed by atoms with Gasteiger partial charge in [-0.2, -0.15) is 0 Å². The average Bonchev–Trinajstić information content (AvgIpc) is 3.05. The van der Waals surface area contributed by atoms with Gasteiger partial charge in [-0.1, -0.05) is 18.9 Å². The van der Waals surface area contributed by atoms with Crippen LogP contribution in [0.4, 0.5) is 0 Å². The summed E-state index contributed by atoms with van der Waals surface area (Å²) in [6, 6.07) is 8.19. The summed E-state index contributed by atoms with van der Waals surface area (Å²) in [5.41, 5.74) is 0. The van der Waals surface area contributed by atoms with Gasteiger partial charge in [0.05, 0.1) is 13.7 Å². The van der Waals surface area contributed by atoms with Crippen LogP contribution in [0.3, 0.4) is 0 Å². The molecule has 0 spiro atoms. The van der Waals surface area contributed by atoms with Gasteiger partial charge >= 0.3 is 0 Å². The molecule has 0 unspecified atom stereocenters. The lowest BCUT2D eigenvalue weighted by atomic mass is 10.2. The van der Waals surface area contributed by atoms with Gasteiger partial charge in [0.2, 0.25) is 0 Å². The number of nitrogens with zero attached hydrogens (tertiary/aromatic N) is 1. The topological polar surface area (TPSA) is 54.9 Å². The Kier molecular flexibility index (Phi) is 9.82. The number of guanidine groups is 1. The Hall–Kier alpha value is -1.18. The maximum absolute atomic E-state index is 5.70. The number of hydrogen-bond acceptors (Lipinski definition) is 3. The first-order chi connectivity index (χ1) is 10.8. The average molecular weight is 433 g/mol. The third kappa shape index (κ3) is 7.28. The quantitative estimate of drug-likeness (QED) is 0.300. The zero-order chi connectivity index (χ0) is 15.6. The van der Waals surface area contributed by atoms with Gasteiger partial charge in [-0.05, 0) is 31.9 Å². The largest absolute Gasteiger partial charge is 0.497 e. The summed E-state index contributed by atoms with van der Waals surface area (Å²) < 4.78 is 10.9. The van der Waals surface area contributed by atoms with Gasteiger partial charge in [0.1, 0.15) is 18.1 Å². The number of benzene rings is 1. The number of ether oxygens (including phenoxy) is 2. The third-order valence-electron chi connectivity index (χ3n) is 3.71. The van der Waals surface area contributed by atoms with E-state index in [0.29, 0.717) is 19.2 Å². The fraction of sp³-hybridized carbons (Fsp3) is 0.588. The van der Waals surface area contributed by atoms with E-state index in [-0.39, 0.29) is 24.0 Å². The van der Waals surface area contributed by atoms with Gasteiger partial charge in [0, 0.05) is 18.7 Å². The first kappa shape index (κ1) is 19.9. The van der Waals surface area contributed by atoms with Crippen LogP contribution in [0.1, 0.15) is 32.6 Å². The van der Waals surface area contributed by atoms with Gasteiger partial charge in [-0.15, -0.1) is 24.0 Å². The van der Waals surface area contributed by atoms with Crippen molar-refractivity contribution in [3.05, 3.63) is 24.3 Å². The van der Waals surface area contributed by atoms with E-state index in [0.717, 1.165) is 24.0 Å². The van der Waals surface area contributed by atoms with Crippen molar-refractivity contribution in [1.82, 2.24) is 10.6 Å². The third-order valence-corrected chi connectivity index (χ3v) is 3.71. The van der Waals surface area contributed by atoms with E-state index in [4.69, 9.17) is 9.47 Å².